The Kier molecular flexibility index (Phi) is 6.42. The van der Waals surface area contributed by atoms with Gasteiger partial charge in [0.1, 0.15) is 11.3 Å². The zero-order valence-electron chi connectivity index (χ0n) is 19.6. The molecule has 0 saturated heterocycles. The van der Waals surface area contributed by atoms with Crippen LogP contribution in [0.15, 0.2) is 60.8 Å². The van der Waals surface area contributed by atoms with E-state index in [0.29, 0.717) is 34.9 Å². The normalized spacial score (nSPS) is 11.0. The topological polar surface area (TPSA) is 145 Å². The molecule has 10 heteroatoms. The number of nitrogens with two attached hydrogens (primary N) is 1. The second kappa shape index (κ2) is 9.61. The smallest absolute Gasteiger partial charge is 0.412 e. The summed E-state index contributed by atoms with van der Waals surface area (Å²) in [6.07, 6.45) is 1.20. The van der Waals surface area contributed by atoms with Crippen molar-refractivity contribution in [1.82, 2.24) is 25.0 Å². The summed E-state index contributed by atoms with van der Waals surface area (Å²) in [6, 6.07) is 18.3. The predicted octanol–water partition coefficient (Wildman–Crippen LogP) is 4.25. The molecule has 0 saturated carbocycles. The maximum atomic E-state index is 12.2. The summed E-state index contributed by atoms with van der Waals surface area (Å²) in [5.41, 5.74) is 9.64. The Hall–Kier alpha value is -4.78. The first-order valence-corrected chi connectivity index (χ1v) is 10.8. The number of para-hydroxylation sites is 1. The van der Waals surface area contributed by atoms with Crippen LogP contribution in [-0.4, -0.2) is 36.7 Å². The Bertz CT molecular complexity index is 1420. The number of nitrogens with zero attached hydrogens (tertiary/aromatic N) is 6. The van der Waals surface area contributed by atoms with Crippen molar-refractivity contribution >= 4 is 17.7 Å². The van der Waals surface area contributed by atoms with Gasteiger partial charge in [0.05, 0.1) is 35.8 Å². The largest absolute Gasteiger partial charge is 0.444 e. The van der Waals surface area contributed by atoms with E-state index in [1.54, 1.807) is 62.0 Å². The van der Waals surface area contributed by atoms with Gasteiger partial charge in [0.15, 0.2) is 0 Å². The van der Waals surface area contributed by atoms with Crippen molar-refractivity contribution in [2.24, 2.45) is 0 Å². The minimum absolute atomic E-state index is 0.0846. The van der Waals surface area contributed by atoms with Gasteiger partial charge in [0, 0.05) is 11.3 Å². The summed E-state index contributed by atoms with van der Waals surface area (Å²) in [7, 11) is 0. The molecule has 1 amide bonds. The van der Waals surface area contributed by atoms with E-state index in [9.17, 15) is 10.1 Å². The van der Waals surface area contributed by atoms with E-state index < -0.39 is 11.7 Å². The number of aromatic nitrogens is 5. The monoisotopic (exact) mass is 468 g/mol. The lowest BCUT2D eigenvalue weighted by Gasteiger charge is -2.20. The van der Waals surface area contributed by atoms with E-state index in [2.05, 4.69) is 31.7 Å². The molecule has 0 unspecified atom stereocenters. The van der Waals surface area contributed by atoms with Gasteiger partial charge in [-0.05, 0) is 50.6 Å². The molecule has 0 spiro atoms. The number of nitriles is 1. The molecular weight excluding hydrogens is 444 g/mol. The second-order valence-corrected chi connectivity index (χ2v) is 8.77. The number of amides is 1. The Morgan fingerprint density at radius 2 is 1.86 bits per heavy atom. The van der Waals surface area contributed by atoms with Gasteiger partial charge < -0.3 is 10.5 Å². The fourth-order valence-electron chi connectivity index (χ4n) is 3.35. The molecule has 2 aromatic carbocycles. The SMILES string of the molecule is CC(C)(C)OC(=O)Nc1ccccc1Cn1cc(-c2cc(-c3cccc(C#N)c3)nc(N)n2)nn1. The maximum absolute atomic E-state index is 12.2. The number of nitrogen functional groups attached to an aromatic ring is 1. The van der Waals surface area contributed by atoms with Gasteiger partial charge >= 0.3 is 6.09 Å². The average Bonchev–Trinajstić information content (AvgIpc) is 3.27. The Balaban J connectivity index is 1.57. The van der Waals surface area contributed by atoms with Crippen molar-refractivity contribution in [3.05, 3.63) is 71.9 Å². The number of hydrogen-bond acceptors (Lipinski definition) is 8. The van der Waals surface area contributed by atoms with Crippen molar-refractivity contribution in [3.63, 3.8) is 0 Å². The maximum Gasteiger partial charge on any atom is 0.412 e. The number of hydrogen-bond donors (Lipinski definition) is 2. The second-order valence-electron chi connectivity index (χ2n) is 8.77. The number of carbonyl (C=O) groups is 1. The molecule has 0 aliphatic rings. The van der Waals surface area contributed by atoms with Gasteiger partial charge in [-0.3, -0.25) is 5.32 Å². The zero-order valence-corrected chi connectivity index (χ0v) is 19.6. The number of ether oxygens (including phenoxy) is 1. The first kappa shape index (κ1) is 23.4. The molecule has 0 aliphatic carbocycles. The highest BCUT2D eigenvalue weighted by atomic mass is 16.6. The van der Waals surface area contributed by atoms with E-state index in [4.69, 9.17) is 10.5 Å². The molecular formula is C25H24N8O2. The van der Waals surface area contributed by atoms with Crippen LogP contribution < -0.4 is 11.1 Å². The molecule has 0 aliphatic heterocycles. The van der Waals surface area contributed by atoms with E-state index in [-0.39, 0.29) is 5.95 Å². The minimum Gasteiger partial charge on any atom is -0.444 e. The van der Waals surface area contributed by atoms with Crippen LogP contribution in [0.4, 0.5) is 16.4 Å². The van der Waals surface area contributed by atoms with Gasteiger partial charge in [-0.15, -0.1) is 5.10 Å². The van der Waals surface area contributed by atoms with Crippen molar-refractivity contribution in [2.45, 2.75) is 32.9 Å². The Labute approximate surface area is 202 Å². The number of rotatable bonds is 5. The molecule has 35 heavy (non-hydrogen) atoms. The quantitative estimate of drug-likeness (QED) is 0.442. The molecule has 10 nitrogen and oxygen atoms in total. The van der Waals surface area contributed by atoms with Crippen molar-refractivity contribution in [1.29, 1.82) is 5.26 Å². The highest BCUT2D eigenvalue weighted by molar-refractivity contribution is 5.86. The predicted molar refractivity (Wildman–Crippen MR) is 131 cm³/mol. The standard InChI is InChI=1S/C25H24N8O2/c1-25(2,3)35-24(34)30-19-10-5-4-8-18(19)14-33-15-22(31-32-33)21-12-20(28-23(27)29-21)17-9-6-7-16(11-17)13-26/h4-12,15H,14H2,1-3H3,(H,30,34)(H2,27,28,29). The highest BCUT2D eigenvalue weighted by Gasteiger charge is 2.17. The lowest BCUT2D eigenvalue weighted by Crippen LogP contribution is -2.27. The van der Waals surface area contributed by atoms with E-state index in [1.807, 2.05) is 24.3 Å². The minimum atomic E-state index is -0.603. The lowest BCUT2D eigenvalue weighted by atomic mass is 10.1. The van der Waals surface area contributed by atoms with Gasteiger partial charge in [-0.2, -0.15) is 5.26 Å². The van der Waals surface area contributed by atoms with Crippen LogP contribution in [0, 0.1) is 11.3 Å². The number of benzene rings is 2. The summed E-state index contributed by atoms with van der Waals surface area (Å²) in [6.45, 7) is 5.78. The van der Waals surface area contributed by atoms with Gasteiger partial charge in [-0.25, -0.2) is 19.4 Å². The molecule has 0 atom stereocenters. The average molecular weight is 469 g/mol. The molecule has 2 heterocycles. The zero-order chi connectivity index (χ0) is 25.0. The van der Waals surface area contributed by atoms with Crippen LogP contribution in [0.2, 0.25) is 0 Å². The third kappa shape index (κ3) is 5.97. The first-order chi connectivity index (χ1) is 16.7. The van der Waals surface area contributed by atoms with Crippen LogP contribution in [0.5, 0.6) is 0 Å². The van der Waals surface area contributed by atoms with E-state index in [0.717, 1.165) is 11.1 Å². The van der Waals surface area contributed by atoms with Crippen molar-refractivity contribution in [2.75, 3.05) is 11.1 Å². The number of carbonyl (C=O) groups excluding carboxylic acids is 1. The summed E-state index contributed by atoms with van der Waals surface area (Å²) in [5, 5.41) is 20.4. The summed E-state index contributed by atoms with van der Waals surface area (Å²) in [4.78, 5) is 20.8. The lowest BCUT2D eigenvalue weighted by molar-refractivity contribution is 0.0635. The molecule has 3 N–H and O–H groups in total. The number of anilines is 2. The van der Waals surface area contributed by atoms with E-state index >= 15 is 0 Å². The van der Waals surface area contributed by atoms with Crippen LogP contribution in [0.1, 0.15) is 31.9 Å². The molecule has 2 aromatic heterocycles. The van der Waals surface area contributed by atoms with Crippen molar-refractivity contribution in [3.8, 4) is 28.7 Å². The Morgan fingerprint density at radius 3 is 2.63 bits per heavy atom. The fraction of sp³-hybridized carbons (Fsp3) is 0.200. The fourth-order valence-corrected chi connectivity index (χ4v) is 3.35. The van der Waals surface area contributed by atoms with Crippen LogP contribution in [0.25, 0.3) is 22.6 Å². The van der Waals surface area contributed by atoms with Crippen LogP contribution >= 0.6 is 0 Å². The summed E-state index contributed by atoms with van der Waals surface area (Å²) < 4.78 is 6.99. The van der Waals surface area contributed by atoms with E-state index in [1.165, 1.54) is 0 Å². The third-order valence-electron chi connectivity index (χ3n) is 4.82. The first-order valence-electron chi connectivity index (χ1n) is 10.8. The summed E-state index contributed by atoms with van der Waals surface area (Å²) in [5.74, 6) is 0.0846. The van der Waals surface area contributed by atoms with Gasteiger partial charge in [-0.1, -0.05) is 35.5 Å². The molecule has 0 fully saturated rings. The highest BCUT2D eigenvalue weighted by Crippen LogP contribution is 2.24. The molecule has 0 radical (unpaired) electrons. The van der Waals surface area contributed by atoms with Gasteiger partial charge in [0.2, 0.25) is 5.95 Å². The molecule has 176 valence electrons. The van der Waals surface area contributed by atoms with Crippen LogP contribution in [0.3, 0.4) is 0 Å². The van der Waals surface area contributed by atoms with Crippen molar-refractivity contribution < 1.29 is 9.53 Å². The molecule has 0 bridgehead atoms. The van der Waals surface area contributed by atoms with Crippen LogP contribution in [-0.2, 0) is 11.3 Å². The number of nitrogens with one attached hydrogen (secondary N) is 1. The van der Waals surface area contributed by atoms with Gasteiger partial charge in [0.25, 0.3) is 0 Å². The third-order valence-corrected chi connectivity index (χ3v) is 4.82. The molecule has 4 rings (SSSR count). The molecule has 4 aromatic rings. The Morgan fingerprint density at radius 1 is 1.09 bits per heavy atom. The summed E-state index contributed by atoms with van der Waals surface area (Å²) >= 11 is 0.